The molecule has 3 heterocycles. The Morgan fingerprint density at radius 3 is 2.49 bits per heavy atom. The van der Waals surface area contributed by atoms with Crippen molar-refractivity contribution in [3.05, 3.63) is 58.6 Å². The number of amides is 4. The molecule has 9 nitrogen and oxygen atoms in total. The molecule has 206 valence electrons. The fraction of sp³-hybridized carbons (Fsp3) is 0.379. The van der Waals surface area contributed by atoms with Crippen molar-refractivity contribution >= 4 is 39.9 Å². The molecule has 4 amide bonds. The monoisotopic (exact) mass is 549 g/mol. The number of carbonyl (C=O) groups excluding carboxylic acids is 3. The van der Waals surface area contributed by atoms with Crippen molar-refractivity contribution in [2.75, 3.05) is 44.4 Å². The van der Waals surface area contributed by atoms with Crippen molar-refractivity contribution in [1.82, 2.24) is 14.8 Å². The lowest BCUT2D eigenvalue weighted by Crippen LogP contribution is -2.35. The number of benzene rings is 1. The van der Waals surface area contributed by atoms with Gasteiger partial charge in [0, 0.05) is 61.5 Å². The maximum absolute atomic E-state index is 13.6. The Labute approximate surface area is 233 Å². The number of nitrogens with one attached hydrogen (secondary N) is 2. The van der Waals surface area contributed by atoms with Crippen LogP contribution in [0.4, 0.5) is 15.5 Å². The summed E-state index contributed by atoms with van der Waals surface area (Å²) in [4.78, 5) is 47.4. The molecule has 2 N–H and O–H groups in total. The molecular weight excluding hydrogens is 514 g/mol. The Bertz CT molecular complexity index is 1380. The van der Waals surface area contributed by atoms with Crippen LogP contribution in [-0.2, 0) is 10.2 Å². The number of nitrogens with zero attached hydrogens (tertiary/aromatic N) is 3. The Kier molecular flexibility index (Phi) is 8.25. The molecule has 0 aliphatic carbocycles. The highest BCUT2D eigenvalue weighted by Crippen LogP contribution is 2.37. The quantitative estimate of drug-likeness (QED) is 0.445. The first-order valence-electron chi connectivity index (χ1n) is 12.8. The van der Waals surface area contributed by atoms with Crippen LogP contribution >= 0.6 is 11.3 Å². The molecular formula is C29H35N5O4S. The van der Waals surface area contributed by atoms with E-state index in [0.717, 1.165) is 21.6 Å². The number of rotatable bonds is 5. The van der Waals surface area contributed by atoms with Crippen LogP contribution in [-0.4, -0.2) is 66.4 Å². The van der Waals surface area contributed by atoms with Crippen molar-refractivity contribution in [1.29, 1.82) is 0 Å². The fourth-order valence-electron chi connectivity index (χ4n) is 4.25. The van der Waals surface area contributed by atoms with Gasteiger partial charge in [0.05, 0.1) is 12.7 Å². The number of pyridine rings is 1. The Morgan fingerprint density at radius 2 is 1.82 bits per heavy atom. The van der Waals surface area contributed by atoms with Gasteiger partial charge in [-0.1, -0.05) is 26.8 Å². The third kappa shape index (κ3) is 6.57. The van der Waals surface area contributed by atoms with E-state index in [0.29, 0.717) is 41.8 Å². The summed E-state index contributed by atoms with van der Waals surface area (Å²) in [7, 11) is 3.32. The molecule has 0 bridgehead atoms. The van der Waals surface area contributed by atoms with Gasteiger partial charge in [0.25, 0.3) is 5.91 Å². The summed E-state index contributed by atoms with van der Waals surface area (Å²) in [5.74, 6) is 0.358. The standard InChI is InChI=1S/C29H35N5O4S/c1-18-7-9-20(15-21(18)19-8-10-24(38-6)30-17-19)31-28(37)32-26-22(16-23(39-26)29(2,3)4)27(36)34-12-11-25(35)33(5)13-14-34/h7-10,15-17H,11-14H2,1-6H3,(H2,31,32,37). The van der Waals surface area contributed by atoms with Gasteiger partial charge in [0.2, 0.25) is 11.8 Å². The Hall–Kier alpha value is -3.92. The molecule has 0 unspecified atom stereocenters. The molecule has 39 heavy (non-hydrogen) atoms. The molecule has 1 aliphatic heterocycles. The van der Waals surface area contributed by atoms with E-state index in [4.69, 9.17) is 4.74 Å². The van der Waals surface area contributed by atoms with Crippen LogP contribution in [0.5, 0.6) is 5.88 Å². The topological polar surface area (TPSA) is 104 Å². The fourth-order valence-corrected chi connectivity index (χ4v) is 5.35. The van der Waals surface area contributed by atoms with E-state index < -0.39 is 6.03 Å². The lowest BCUT2D eigenvalue weighted by atomic mass is 9.94. The summed E-state index contributed by atoms with van der Waals surface area (Å²) < 4.78 is 5.15. The average molecular weight is 550 g/mol. The van der Waals surface area contributed by atoms with Crippen molar-refractivity contribution in [2.45, 2.75) is 39.5 Å². The molecule has 1 fully saturated rings. The predicted molar refractivity (Wildman–Crippen MR) is 155 cm³/mol. The van der Waals surface area contributed by atoms with E-state index >= 15 is 0 Å². The zero-order chi connectivity index (χ0) is 28.3. The maximum Gasteiger partial charge on any atom is 0.324 e. The second-order valence-corrected chi connectivity index (χ2v) is 11.7. The van der Waals surface area contributed by atoms with E-state index in [1.165, 1.54) is 11.3 Å². The van der Waals surface area contributed by atoms with Crippen LogP contribution in [0.3, 0.4) is 0 Å². The van der Waals surface area contributed by atoms with Gasteiger partial charge in [-0.25, -0.2) is 9.78 Å². The van der Waals surface area contributed by atoms with Crippen LogP contribution in [0.15, 0.2) is 42.6 Å². The Balaban J connectivity index is 1.55. The molecule has 0 saturated carbocycles. The number of hydrogen-bond acceptors (Lipinski definition) is 6. The van der Waals surface area contributed by atoms with Crippen molar-refractivity contribution in [3.63, 3.8) is 0 Å². The number of aryl methyl sites for hydroxylation is 1. The summed E-state index contributed by atoms with van der Waals surface area (Å²) in [6, 6.07) is 10.8. The van der Waals surface area contributed by atoms with Gasteiger partial charge in [-0.3, -0.25) is 14.9 Å². The van der Waals surface area contributed by atoms with Gasteiger partial charge in [0.15, 0.2) is 0 Å². The van der Waals surface area contributed by atoms with Crippen LogP contribution in [0.1, 0.15) is 48.0 Å². The number of thiophene rings is 1. The highest BCUT2D eigenvalue weighted by atomic mass is 32.1. The minimum Gasteiger partial charge on any atom is -0.481 e. The van der Waals surface area contributed by atoms with E-state index in [-0.39, 0.29) is 23.7 Å². The first-order chi connectivity index (χ1) is 18.5. The lowest BCUT2D eigenvalue weighted by molar-refractivity contribution is -0.129. The largest absolute Gasteiger partial charge is 0.481 e. The number of methoxy groups -OCH3 is 1. The number of ether oxygens (including phenoxy) is 1. The molecule has 0 spiro atoms. The minimum absolute atomic E-state index is 0.0200. The lowest BCUT2D eigenvalue weighted by Gasteiger charge is -2.20. The highest BCUT2D eigenvalue weighted by Gasteiger charge is 2.28. The van der Waals surface area contributed by atoms with Gasteiger partial charge >= 0.3 is 6.03 Å². The maximum atomic E-state index is 13.6. The van der Waals surface area contributed by atoms with Crippen LogP contribution in [0.2, 0.25) is 0 Å². The van der Waals surface area contributed by atoms with Crippen LogP contribution < -0.4 is 15.4 Å². The first-order valence-corrected chi connectivity index (χ1v) is 13.6. The molecule has 4 rings (SSSR count). The van der Waals surface area contributed by atoms with Crippen molar-refractivity contribution in [2.24, 2.45) is 0 Å². The molecule has 0 radical (unpaired) electrons. The number of aromatic nitrogens is 1. The van der Waals surface area contributed by atoms with E-state index in [2.05, 4.69) is 36.4 Å². The van der Waals surface area contributed by atoms with Gasteiger partial charge < -0.3 is 19.9 Å². The number of urea groups is 1. The van der Waals surface area contributed by atoms with Crippen molar-refractivity contribution < 1.29 is 19.1 Å². The van der Waals surface area contributed by atoms with Crippen molar-refractivity contribution in [3.8, 4) is 17.0 Å². The zero-order valence-electron chi connectivity index (χ0n) is 23.3. The van der Waals surface area contributed by atoms with Crippen LogP contribution in [0, 0.1) is 6.92 Å². The third-order valence-corrected chi connectivity index (χ3v) is 8.17. The molecule has 1 aliphatic rings. The summed E-state index contributed by atoms with van der Waals surface area (Å²) in [5.41, 5.74) is 3.72. The smallest absolute Gasteiger partial charge is 0.324 e. The molecule has 3 aromatic rings. The molecule has 0 atom stereocenters. The Morgan fingerprint density at radius 1 is 1.05 bits per heavy atom. The van der Waals surface area contributed by atoms with E-state index in [1.54, 1.807) is 36.2 Å². The minimum atomic E-state index is -0.445. The average Bonchev–Trinajstić information content (AvgIpc) is 3.25. The SMILES string of the molecule is COc1ccc(-c2cc(NC(=O)Nc3sc(C(C)(C)C)cc3C(=O)N3CCC(=O)N(C)CC3)ccc2C)cn1. The molecule has 1 saturated heterocycles. The summed E-state index contributed by atoms with van der Waals surface area (Å²) >= 11 is 1.39. The number of hydrogen-bond donors (Lipinski definition) is 2. The van der Waals surface area contributed by atoms with E-state index in [1.807, 2.05) is 37.3 Å². The van der Waals surface area contributed by atoms with Crippen LogP contribution in [0.25, 0.3) is 11.1 Å². The zero-order valence-corrected chi connectivity index (χ0v) is 24.1. The van der Waals surface area contributed by atoms with Gasteiger partial charge in [-0.05, 0) is 47.7 Å². The first kappa shape index (κ1) is 28.1. The second kappa shape index (κ2) is 11.4. The number of carbonyl (C=O) groups is 3. The normalized spacial score (nSPS) is 14.2. The van der Waals surface area contributed by atoms with Gasteiger partial charge in [-0.2, -0.15) is 0 Å². The highest BCUT2D eigenvalue weighted by molar-refractivity contribution is 7.16. The van der Waals surface area contributed by atoms with Gasteiger partial charge in [-0.15, -0.1) is 11.3 Å². The predicted octanol–water partition coefficient (Wildman–Crippen LogP) is 5.37. The third-order valence-electron chi connectivity index (χ3n) is 6.69. The van der Waals surface area contributed by atoms with Gasteiger partial charge in [0.1, 0.15) is 5.00 Å². The number of anilines is 2. The molecule has 2 aromatic heterocycles. The summed E-state index contributed by atoms with van der Waals surface area (Å²) in [6.07, 6.45) is 2.01. The second-order valence-electron chi connectivity index (χ2n) is 10.7. The summed E-state index contributed by atoms with van der Waals surface area (Å²) in [6.45, 7) is 9.47. The molecule has 1 aromatic carbocycles. The number of likely N-dealkylation sites (N-methyl/N-ethyl adjacent to an activating group) is 1. The van der Waals surface area contributed by atoms with E-state index in [9.17, 15) is 14.4 Å². The molecule has 10 heteroatoms. The summed E-state index contributed by atoms with van der Waals surface area (Å²) in [5, 5.41) is 6.29.